The predicted molar refractivity (Wildman–Crippen MR) is 112 cm³/mol. The fraction of sp³-hybridized carbons (Fsp3) is 0.263. The topological polar surface area (TPSA) is 62.5 Å². The zero-order valence-electron chi connectivity index (χ0n) is 14.8. The summed E-state index contributed by atoms with van der Waals surface area (Å²) < 4.78 is 19.2. The van der Waals surface area contributed by atoms with Crippen LogP contribution in [0.2, 0.25) is 0 Å². The molecule has 0 aliphatic rings. The van der Waals surface area contributed by atoms with Crippen LogP contribution >= 0.6 is 24.0 Å². The first kappa shape index (κ1) is 20.2. The second-order valence-corrected chi connectivity index (χ2v) is 5.66. The van der Waals surface area contributed by atoms with Crippen LogP contribution in [0.15, 0.2) is 52.0 Å². The second-order valence-electron chi connectivity index (χ2n) is 5.66. The Morgan fingerprint density at radius 2 is 2.08 bits per heavy atom. The van der Waals surface area contributed by atoms with Gasteiger partial charge in [0.25, 0.3) is 0 Å². The molecule has 0 atom stereocenters. The number of furan rings is 1. The van der Waals surface area contributed by atoms with Crippen molar-refractivity contribution in [3.05, 3.63) is 65.4 Å². The maximum atomic E-state index is 13.4. The molecule has 0 aliphatic heterocycles. The lowest BCUT2D eigenvalue weighted by Crippen LogP contribution is -2.36. The fourth-order valence-corrected chi connectivity index (χ4v) is 2.57. The summed E-state index contributed by atoms with van der Waals surface area (Å²) in [6, 6.07) is 10.3. The molecule has 0 amide bonds. The van der Waals surface area contributed by atoms with Gasteiger partial charge in [0.05, 0.1) is 18.8 Å². The first-order chi connectivity index (χ1) is 12.2. The third kappa shape index (κ3) is 4.94. The molecule has 0 bridgehead atoms. The Bertz CT molecular complexity index is 880. The summed E-state index contributed by atoms with van der Waals surface area (Å²) in [5.74, 6) is 1.18. The van der Waals surface area contributed by atoms with Gasteiger partial charge in [-0.1, -0.05) is 6.07 Å². The average molecular weight is 468 g/mol. The fourth-order valence-electron chi connectivity index (χ4n) is 2.57. The van der Waals surface area contributed by atoms with Crippen molar-refractivity contribution in [1.82, 2.24) is 15.6 Å². The molecule has 0 spiro atoms. The van der Waals surface area contributed by atoms with Crippen LogP contribution in [0, 0.1) is 12.7 Å². The SMILES string of the molecule is CCNC(=NCc1ccccn1)NCc1oc2ccc(F)cc2c1C.I. The number of aryl methyl sites for hydroxylation is 1. The first-order valence-corrected chi connectivity index (χ1v) is 8.27. The molecule has 0 radical (unpaired) electrons. The van der Waals surface area contributed by atoms with E-state index in [0.717, 1.165) is 28.9 Å². The summed E-state index contributed by atoms with van der Waals surface area (Å²) >= 11 is 0. The Kier molecular flexibility index (Phi) is 7.38. The number of nitrogens with one attached hydrogen (secondary N) is 2. The van der Waals surface area contributed by atoms with Gasteiger partial charge in [0.2, 0.25) is 0 Å². The zero-order chi connectivity index (χ0) is 17.6. The van der Waals surface area contributed by atoms with Crippen molar-refractivity contribution >= 4 is 40.9 Å². The van der Waals surface area contributed by atoms with Gasteiger partial charge in [-0.15, -0.1) is 24.0 Å². The molecule has 0 saturated carbocycles. The summed E-state index contributed by atoms with van der Waals surface area (Å²) in [6.07, 6.45) is 1.75. The largest absolute Gasteiger partial charge is 0.459 e. The van der Waals surface area contributed by atoms with Crippen molar-refractivity contribution in [3.63, 3.8) is 0 Å². The number of pyridine rings is 1. The van der Waals surface area contributed by atoms with Crippen LogP contribution in [-0.4, -0.2) is 17.5 Å². The van der Waals surface area contributed by atoms with Gasteiger partial charge in [0.15, 0.2) is 5.96 Å². The minimum Gasteiger partial charge on any atom is -0.459 e. The third-order valence-electron chi connectivity index (χ3n) is 3.88. The van der Waals surface area contributed by atoms with Crippen LogP contribution in [0.1, 0.15) is 23.9 Å². The molecule has 0 saturated heterocycles. The summed E-state index contributed by atoms with van der Waals surface area (Å²) in [6.45, 7) is 5.64. The van der Waals surface area contributed by atoms with Crippen molar-refractivity contribution in [2.45, 2.75) is 26.9 Å². The van der Waals surface area contributed by atoms with Gasteiger partial charge in [0, 0.05) is 23.7 Å². The van der Waals surface area contributed by atoms with Crippen LogP contribution in [0.25, 0.3) is 11.0 Å². The molecule has 0 fully saturated rings. The highest BCUT2D eigenvalue weighted by atomic mass is 127. The van der Waals surface area contributed by atoms with E-state index in [-0.39, 0.29) is 29.8 Å². The highest BCUT2D eigenvalue weighted by molar-refractivity contribution is 14.0. The number of guanidine groups is 1. The second kappa shape index (κ2) is 9.51. The number of halogens is 2. The van der Waals surface area contributed by atoms with Crippen LogP contribution in [0.3, 0.4) is 0 Å². The van der Waals surface area contributed by atoms with Gasteiger partial charge in [-0.05, 0) is 44.2 Å². The highest BCUT2D eigenvalue weighted by Gasteiger charge is 2.11. The minimum absolute atomic E-state index is 0. The Balaban J connectivity index is 0.00000243. The number of aromatic nitrogens is 1. The molecular weight excluding hydrogens is 446 g/mol. The van der Waals surface area contributed by atoms with Gasteiger partial charge in [-0.2, -0.15) is 0 Å². The van der Waals surface area contributed by atoms with Crippen LogP contribution in [0.5, 0.6) is 0 Å². The Morgan fingerprint density at radius 1 is 1.23 bits per heavy atom. The molecule has 26 heavy (non-hydrogen) atoms. The van der Waals surface area contributed by atoms with Gasteiger partial charge in [0.1, 0.15) is 17.2 Å². The maximum absolute atomic E-state index is 13.4. The summed E-state index contributed by atoms with van der Waals surface area (Å²) in [7, 11) is 0. The van der Waals surface area contributed by atoms with Crippen molar-refractivity contribution < 1.29 is 8.81 Å². The Labute approximate surface area is 169 Å². The molecule has 7 heteroatoms. The van der Waals surface area contributed by atoms with Gasteiger partial charge < -0.3 is 15.1 Å². The minimum atomic E-state index is -0.263. The van der Waals surface area contributed by atoms with E-state index in [9.17, 15) is 4.39 Å². The monoisotopic (exact) mass is 468 g/mol. The van der Waals surface area contributed by atoms with Gasteiger partial charge >= 0.3 is 0 Å². The van der Waals surface area contributed by atoms with Crippen LogP contribution in [0.4, 0.5) is 4.39 Å². The number of fused-ring (bicyclic) bond motifs is 1. The Hall–Kier alpha value is -2.16. The molecule has 1 aromatic carbocycles. The molecule has 138 valence electrons. The average Bonchev–Trinajstić information content (AvgIpc) is 2.94. The Morgan fingerprint density at radius 3 is 2.81 bits per heavy atom. The number of hydrogen-bond acceptors (Lipinski definition) is 3. The number of aliphatic imine (C=N–C) groups is 1. The van der Waals surface area contributed by atoms with Gasteiger partial charge in [-0.25, -0.2) is 9.38 Å². The number of benzene rings is 1. The lowest BCUT2D eigenvalue weighted by molar-refractivity contribution is 0.534. The molecule has 0 aliphatic carbocycles. The number of hydrogen-bond donors (Lipinski definition) is 2. The van der Waals surface area contributed by atoms with Crippen molar-refractivity contribution in [3.8, 4) is 0 Å². The standard InChI is InChI=1S/C19H21FN4O.HI/c1-3-21-19(23-11-15-6-4-5-9-22-15)24-12-18-13(2)16-10-14(20)7-8-17(16)25-18;/h4-10H,3,11-12H2,1-2H3,(H2,21,23,24);1H. The van der Waals surface area contributed by atoms with Crippen molar-refractivity contribution in [2.24, 2.45) is 4.99 Å². The molecule has 3 aromatic rings. The molecule has 2 N–H and O–H groups in total. The normalized spacial score (nSPS) is 11.3. The number of nitrogens with zero attached hydrogens (tertiary/aromatic N) is 2. The van der Waals surface area contributed by atoms with Crippen molar-refractivity contribution in [2.75, 3.05) is 6.54 Å². The third-order valence-corrected chi connectivity index (χ3v) is 3.88. The lowest BCUT2D eigenvalue weighted by atomic mass is 10.1. The van der Waals surface area contributed by atoms with E-state index in [1.54, 1.807) is 12.3 Å². The number of rotatable bonds is 5. The predicted octanol–water partition coefficient (Wildman–Crippen LogP) is 4.15. The van der Waals surface area contributed by atoms with Gasteiger partial charge in [-0.3, -0.25) is 4.98 Å². The molecular formula is C19H22FIN4O. The molecule has 0 unspecified atom stereocenters. The summed E-state index contributed by atoms with van der Waals surface area (Å²) in [5.41, 5.74) is 2.52. The first-order valence-electron chi connectivity index (χ1n) is 8.27. The van der Waals surface area contributed by atoms with E-state index in [2.05, 4.69) is 20.6 Å². The lowest BCUT2D eigenvalue weighted by Gasteiger charge is -2.10. The van der Waals surface area contributed by atoms with Crippen molar-refractivity contribution in [1.29, 1.82) is 0 Å². The quantitative estimate of drug-likeness (QED) is 0.336. The van der Waals surface area contributed by atoms with E-state index in [1.165, 1.54) is 12.1 Å². The summed E-state index contributed by atoms with van der Waals surface area (Å²) in [5, 5.41) is 7.24. The summed E-state index contributed by atoms with van der Waals surface area (Å²) in [4.78, 5) is 8.79. The highest BCUT2D eigenvalue weighted by Crippen LogP contribution is 2.25. The maximum Gasteiger partial charge on any atom is 0.192 e. The van der Waals surface area contributed by atoms with E-state index >= 15 is 0 Å². The molecule has 3 rings (SSSR count). The zero-order valence-corrected chi connectivity index (χ0v) is 17.1. The smallest absolute Gasteiger partial charge is 0.192 e. The molecule has 2 aromatic heterocycles. The van der Waals surface area contributed by atoms with E-state index in [4.69, 9.17) is 4.42 Å². The van der Waals surface area contributed by atoms with Crippen LogP contribution in [-0.2, 0) is 13.1 Å². The van der Waals surface area contributed by atoms with Crippen LogP contribution < -0.4 is 10.6 Å². The van der Waals surface area contributed by atoms with E-state index < -0.39 is 0 Å². The molecule has 2 heterocycles. The van der Waals surface area contributed by atoms with E-state index in [0.29, 0.717) is 24.6 Å². The van der Waals surface area contributed by atoms with E-state index in [1.807, 2.05) is 32.0 Å². The molecule has 5 nitrogen and oxygen atoms in total.